The largest absolute Gasteiger partial charge is 0.342 e. The van der Waals surface area contributed by atoms with Crippen molar-refractivity contribution >= 4 is 5.91 Å². The fourth-order valence-corrected chi connectivity index (χ4v) is 1.60. The maximum atomic E-state index is 11.7. The van der Waals surface area contributed by atoms with Gasteiger partial charge >= 0.3 is 0 Å². The SMILES string of the molecule is CC[C@@H](C)C(=O)N1CCCCC1. The number of rotatable bonds is 2. The predicted molar refractivity (Wildman–Crippen MR) is 49.9 cm³/mol. The van der Waals surface area contributed by atoms with Gasteiger partial charge in [-0.05, 0) is 25.7 Å². The lowest BCUT2D eigenvalue weighted by Crippen LogP contribution is -2.38. The highest BCUT2D eigenvalue weighted by atomic mass is 16.2. The van der Waals surface area contributed by atoms with Crippen molar-refractivity contribution in [3.63, 3.8) is 0 Å². The molecule has 0 unspecified atom stereocenters. The van der Waals surface area contributed by atoms with Crippen molar-refractivity contribution in [1.29, 1.82) is 0 Å². The molecule has 1 saturated heterocycles. The lowest BCUT2D eigenvalue weighted by atomic mass is 10.0. The van der Waals surface area contributed by atoms with Crippen LogP contribution in [0.2, 0.25) is 0 Å². The summed E-state index contributed by atoms with van der Waals surface area (Å²) in [5.41, 5.74) is 0. The van der Waals surface area contributed by atoms with Gasteiger partial charge in [0, 0.05) is 19.0 Å². The minimum absolute atomic E-state index is 0.225. The van der Waals surface area contributed by atoms with Gasteiger partial charge in [-0.25, -0.2) is 0 Å². The molecule has 0 aromatic rings. The highest BCUT2D eigenvalue weighted by Gasteiger charge is 2.20. The molecule has 1 rings (SSSR count). The lowest BCUT2D eigenvalue weighted by molar-refractivity contribution is -0.135. The zero-order valence-corrected chi connectivity index (χ0v) is 8.18. The molecule has 2 nitrogen and oxygen atoms in total. The molecule has 0 N–H and O–H groups in total. The zero-order chi connectivity index (χ0) is 8.97. The Morgan fingerprint density at radius 1 is 1.33 bits per heavy atom. The van der Waals surface area contributed by atoms with E-state index in [1.807, 2.05) is 11.8 Å². The van der Waals surface area contributed by atoms with Crippen molar-refractivity contribution < 1.29 is 4.79 Å². The third-order valence-corrected chi connectivity index (χ3v) is 2.70. The van der Waals surface area contributed by atoms with E-state index in [0.717, 1.165) is 19.5 Å². The Balaban J connectivity index is 2.39. The molecule has 1 heterocycles. The molecular formula is C10H19NO. The van der Waals surface area contributed by atoms with Gasteiger partial charge in [0.15, 0.2) is 0 Å². The number of carbonyl (C=O) groups excluding carboxylic acids is 1. The Morgan fingerprint density at radius 2 is 1.92 bits per heavy atom. The molecule has 0 radical (unpaired) electrons. The molecule has 1 aliphatic heterocycles. The summed E-state index contributed by atoms with van der Waals surface area (Å²) in [4.78, 5) is 13.7. The average Bonchev–Trinajstić information content (AvgIpc) is 2.17. The van der Waals surface area contributed by atoms with Crippen LogP contribution in [0.1, 0.15) is 39.5 Å². The van der Waals surface area contributed by atoms with Crippen LogP contribution >= 0.6 is 0 Å². The van der Waals surface area contributed by atoms with Gasteiger partial charge in [0.25, 0.3) is 0 Å². The van der Waals surface area contributed by atoms with Crippen LogP contribution in [0.4, 0.5) is 0 Å². The first-order valence-electron chi connectivity index (χ1n) is 5.04. The van der Waals surface area contributed by atoms with Gasteiger partial charge in [0.05, 0.1) is 0 Å². The van der Waals surface area contributed by atoms with E-state index in [9.17, 15) is 4.79 Å². The smallest absolute Gasteiger partial charge is 0.225 e. The van der Waals surface area contributed by atoms with E-state index >= 15 is 0 Å². The lowest BCUT2D eigenvalue weighted by Gasteiger charge is -2.28. The molecule has 0 aromatic carbocycles. The Labute approximate surface area is 74.9 Å². The molecule has 2 heteroatoms. The molecule has 0 spiro atoms. The van der Waals surface area contributed by atoms with Crippen LogP contribution in [-0.4, -0.2) is 23.9 Å². The summed E-state index contributed by atoms with van der Waals surface area (Å²) < 4.78 is 0. The highest BCUT2D eigenvalue weighted by molar-refractivity contribution is 5.78. The predicted octanol–water partition coefficient (Wildman–Crippen LogP) is 2.04. The van der Waals surface area contributed by atoms with E-state index < -0.39 is 0 Å². The van der Waals surface area contributed by atoms with Gasteiger partial charge in [0.1, 0.15) is 0 Å². The first-order chi connectivity index (χ1) is 5.75. The molecule has 12 heavy (non-hydrogen) atoms. The summed E-state index contributed by atoms with van der Waals surface area (Å²) in [7, 11) is 0. The minimum atomic E-state index is 0.225. The Hall–Kier alpha value is -0.530. The number of carbonyl (C=O) groups is 1. The third kappa shape index (κ3) is 2.23. The van der Waals surface area contributed by atoms with Gasteiger partial charge in [-0.1, -0.05) is 13.8 Å². The van der Waals surface area contributed by atoms with Crippen LogP contribution in [0.25, 0.3) is 0 Å². The molecule has 0 saturated carbocycles. The van der Waals surface area contributed by atoms with Gasteiger partial charge in [-0.15, -0.1) is 0 Å². The average molecular weight is 169 g/mol. The van der Waals surface area contributed by atoms with Crippen LogP contribution in [0.5, 0.6) is 0 Å². The van der Waals surface area contributed by atoms with Gasteiger partial charge in [0.2, 0.25) is 5.91 Å². The summed E-state index contributed by atoms with van der Waals surface area (Å²) in [6.07, 6.45) is 4.66. The molecule has 0 aromatic heterocycles. The van der Waals surface area contributed by atoms with Crippen LogP contribution in [0.3, 0.4) is 0 Å². The maximum Gasteiger partial charge on any atom is 0.225 e. The van der Waals surface area contributed by atoms with Crippen molar-refractivity contribution in [3.05, 3.63) is 0 Å². The molecule has 70 valence electrons. The maximum absolute atomic E-state index is 11.7. The van der Waals surface area contributed by atoms with E-state index in [4.69, 9.17) is 0 Å². The summed E-state index contributed by atoms with van der Waals surface area (Å²) in [6.45, 7) is 6.08. The van der Waals surface area contributed by atoms with Crippen LogP contribution in [0, 0.1) is 5.92 Å². The molecular weight excluding hydrogens is 150 g/mol. The Bertz CT molecular complexity index is 150. The standard InChI is InChI=1S/C10H19NO/c1-3-9(2)10(12)11-7-5-4-6-8-11/h9H,3-8H2,1-2H3/t9-/m1/s1. The van der Waals surface area contributed by atoms with Crippen molar-refractivity contribution in [2.24, 2.45) is 5.92 Å². The molecule has 1 amide bonds. The van der Waals surface area contributed by atoms with E-state index in [1.54, 1.807) is 0 Å². The topological polar surface area (TPSA) is 20.3 Å². The minimum Gasteiger partial charge on any atom is -0.342 e. The molecule has 1 aliphatic rings. The monoisotopic (exact) mass is 169 g/mol. The normalized spacial score (nSPS) is 20.7. The Morgan fingerprint density at radius 3 is 2.42 bits per heavy atom. The second kappa shape index (κ2) is 4.48. The summed E-state index contributed by atoms with van der Waals surface area (Å²) in [6, 6.07) is 0. The zero-order valence-electron chi connectivity index (χ0n) is 8.18. The number of amides is 1. The van der Waals surface area contributed by atoms with E-state index in [-0.39, 0.29) is 5.92 Å². The molecule has 1 atom stereocenters. The van der Waals surface area contributed by atoms with Crippen molar-refractivity contribution in [2.75, 3.05) is 13.1 Å². The number of hydrogen-bond acceptors (Lipinski definition) is 1. The second-order valence-electron chi connectivity index (χ2n) is 3.70. The first kappa shape index (κ1) is 9.56. The number of likely N-dealkylation sites (tertiary alicyclic amines) is 1. The summed E-state index contributed by atoms with van der Waals surface area (Å²) in [5.74, 6) is 0.584. The van der Waals surface area contributed by atoms with E-state index in [0.29, 0.717) is 5.91 Å². The number of piperidine rings is 1. The van der Waals surface area contributed by atoms with Crippen LogP contribution in [-0.2, 0) is 4.79 Å². The Kier molecular flexibility index (Phi) is 3.57. The quantitative estimate of drug-likeness (QED) is 0.619. The molecule has 0 bridgehead atoms. The van der Waals surface area contributed by atoms with Gasteiger partial charge in [-0.3, -0.25) is 4.79 Å². The summed E-state index contributed by atoms with van der Waals surface area (Å²) in [5, 5.41) is 0. The molecule has 1 fully saturated rings. The summed E-state index contributed by atoms with van der Waals surface area (Å²) >= 11 is 0. The fraction of sp³-hybridized carbons (Fsp3) is 0.900. The van der Waals surface area contributed by atoms with Crippen molar-refractivity contribution in [3.8, 4) is 0 Å². The number of hydrogen-bond donors (Lipinski definition) is 0. The van der Waals surface area contributed by atoms with Gasteiger partial charge in [-0.2, -0.15) is 0 Å². The fourth-order valence-electron chi connectivity index (χ4n) is 1.60. The van der Waals surface area contributed by atoms with Crippen molar-refractivity contribution in [2.45, 2.75) is 39.5 Å². The van der Waals surface area contributed by atoms with E-state index in [1.165, 1.54) is 19.3 Å². The third-order valence-electron chi connectivity index (χ3n) is 2.70. The number of nitrogens with zero attached hydrogens (tertiary/aromatic N) is 1. The van der Waals surface area contributed by atoms with Crippen molar-refractivity contribution in [1.82, 2.24) is 4.90 Å². The van der Waals surface area contributed by atoms with E-state index in [2.05, 4.69) is 6.92 Å². The van der Waals surface area contributed by atoms with Crippen LogP contribution in [0.15, 0.2) is 0 Å². The second-order valence-corrected chi connectivity index (χ2v) is 3.70. The van der Waals surface area contributed by atoms with Gasteiger partial charge < -0.3 is 4.90 Å². The highest BCUT2D eigenvalue weighted by Crippen LogP contribution is 2.13. The first-order valence-corrected chi connectivity index (χ1v) is 5.04. The molecule has 0 aliphatic carbocycles. The van der Waals surface area contributed by atoms with Crippen LogP contribution < -0.4 is 0 Å².